The summed E-state index contributed by atoms with van der Waals surface area (Å²) in [7, 11) is 3.96. The van der Waals surface area contributed by atoms with E-state index in [1.54, 1.807) is 0 Å². The van der Waals surface area contributed by atoms with E-state index >= 15 is 0 Å². The molecular weight excluding hydrogens is 234 g/mol. The van der Waals surface area contributed by atoms with Crippen LogP contribution in [0.3, 0.4) is 0 Å². The lowest BCUT2D eigenvalue weighted by atomic mass is 10.2. The molecule has 1 saturated carbocycles. The molecule has 2 atom stereocenters. The van der Waals surface area contributed by atoms with E-state index in [9.17, 15) is 0 Å². The number of nitrogens with zero attached hydrogens (tertiary/aromatic N) is 2. The standard InChI is InChI=1S/C16H25N3/c1-4-8-14-11-15(14)18-16(17-2)19(3)12-13-9-6-5-7-10-13/h5-7,9-10,14-15H,4,8,11-12H2,1-3H3,(H,17,18). The molecule has 19 heavy (non-hydrogen) atoms. The molecule has 0 aromatic heterocycles. The van der Waals surface area contributed by atoms with Crippen LogP contribution >= 0.6 is 0 Å². The van der Waals surface area contributed by atoms with Gasteiger partial charge >= 0.3 is 0 Å². The van der Waals surface area contributed by atoms with Crippen molar-refractivity contribution in [2.75, 3.05) is 14.1 Å². The van der Waals surface area contributed by atoms with Crippen LogP contribution in [0.1, 0.15) is 31.7 Å². The number of rotatable bonds is 5. The van der Waals surface area contributed by atoms with Crippen LogP contribution in [0.2, 0.25) is 0 Å². The molecule has 0 spiro atoms. The first-order chi connectivity index (χ1) is 9.24. The highest BCUT2D eigenvalue weighted by molar-refractivity contribution is 5.80. The summed E-state index contributed by atoms with van der Waals surface area (Å²) in [4.78, 5) is 6.58. The summed E-state index contributed by atoms with van der Waals surface area (Å²) in [5.41, 5.74) is 1.31. The Kier molecular flexibility index (Phi) is 4.83. The molecule has 2 rings (SSSR count). The number of aliphatic imine (C=N–C) groups is 1. The molecule has 0 saturated heterocycles. The van der Waals surface area contributed by atoms with Gasteiger partial charge in [0.05, 0.1) is 0 Å². The number of hydrogen-bond acceptors (Lipinski definition) is 1. The Hall–Kier alpha value is -1.51. The van der Waals surface area contributed by atoms with E-state index < -0.39 is 0 Å². The van der Waals surface area contributed by atoms with Crippen LogP contribution in [0, 0.1) is 5.92 Å². The Morgan fingerprint density at radius 3 is 2.74 bits per heavy atom. The Morgan fingerprint density at radius 1 is 1.37 bits per heavy atom. The molecule has 1 aromatic rings. The third kappa shape index (κ3) is 3.98. The molecule has 3 nitrogen and oxygen atoms in total. The van der Waals surface area contributed by atoms with Crippen molar-refractivity contribution in [2.24, 2.45) is 10.9 Å². The number of benzene rings is 1. The minimum Gasteiger partial charge on any atom is -0.353 e. The van der Waals surface area contributed by atoms with E-state index in [1.165, 1.54) is 24.8 Å². The SMILES string of the molecule is CCCC1CC1NC(=NC)N(C)Cc1ccccc1. The highest BCUT2D eigenvalue weighted by Gasteiger charge is 2.36. The van der Waals surface area contributed by atoms with Crippen molar-refractivity contribution in [2.45, 2.75) is 38.8 Å². The summed E-state index contributed by atoms with van der Waals surface area (Å²) < 4.78 is 0. The lowest BCUT2D eigenvalue weighted by molar-refractivity contribution is 0.472. The maximum absolute atomic E-state index is 4.39. The van der Waals surface area contributed by atoms with E-state index in [0.717, 1.165) is 18.4 Å². The van der Waals surface area contributed by atoms with Crippen LogP contribution in [-0.4, -0.2) is 31.0 Å². The minimum atomic E-state index is 0.636. The summed E-state index contributed by atoms with van der Waals surface area (Å²) in [6.07, 6.45) is 3.91. The summed E-state index contributed by atoms with van der Waals surface area (Å²) in [5, 5.41) is 3.57. The first-order valence-electron chi connectivity index (χ1n) is 7.23. The fourth-order valence-corrected chi connectivity index (χ4v) is 2.56. The van der Waals surface area contributed by atoms with E-state index in [4.69, 9.17) is 0 Å². The average molecular weight is 259 g/mol. The highest BCUT2D eigenvalue weighted by atomic mass is 15.3. The van der Waals surface area contributed by atoms with Gasteiger partial charge in [-0.2, -0.15) is 0 Å². The van der Waals surface area contributed by atoms with Crippen LogP contribution in [0.25, 0.3) is 0 Å². The van der Waals surface area contributed by atoms with Crippen molar-refractivity contribution < 1.29 is 0 Å². The van der Waals surface area contributed by atoms with Crippen molar-refractivity contribution >= 4 is 5.96 Å². The zero-order valence-corrected chi connectivity index (χ0v) is 12.3. The molecule has 104 valence electrons. The van der Waals surface area contributed by atoms with Gasteiger partial charge in [0.1, 0.15) is 0 Å². The topological polar surface area (TPSA) is 27.6 Å². The first-order valence-corrected chi connectivity index (χ1v) is 7.23. The fourth-order valence-electron chi connectivity index (χ4n) is 2.56. The normalized spacial score (nSPS) is 22.2. The van der Waals surface area contributed by atoms with E-state index in [-0.39, 0.29) is 0 Å². The molecule has 1 aliphatic rings. The van der Waals surface area contributed by atoms with Gasteiger partial charge in [-0.3, -0.25) is 4.99 Å². The lowest BCUT2D eigenvalue weighted by Crippen LogP contribution is -2.40. The highest BCUT2D eigenvalue weighted by Crippen LogP contribution is 2.34. The molecule has 1 N–H and O–H groups in total. The number of hydrogen-bond donors (Lipinski definition) is 1. The molecular formula is C16H25N3. The first kappa shape index (κ1) is 13.9. The van der Waals surface area contributed by atoms with Gasteiger partial charge in [-0.25, -0.2) is 0 Å². The van der Waals surface area contributed by atoms with Crippen LogP contribution in [-0.2, 0) is 6.54 Å². The maximum Gasteiger partial charge on any atom is 0.193 e. The van der Waals surface area contributed by atoms with Gasteiger partial charge in [0.25, 0.3) is 0 Å². The monoisotopic (exact) mass is 259 g/mol. The zero-order valence-electron chi connectivity index (χ0n) is 12.3. The van der Waals surface area contributed by atoms with Gasteiger partial charge in [-0.15, -0.1) is 0 Å². The van der Waals surface area contributed by atoms with Gasteiger partial charge in [-0.05, 0) is 24.3 Å². The molecule has 1 aromatic carbocycles. The Labute approximate surface area is 116 Å². The molecule has 3 heteroatoms. The predicted octanol–water partition coefficient (Wildman–Crippen LogP) is 2.88. The van der Waals surface area contributed by atoms with Crippen molar-refractivity contribution in [3.05, 3.63) is 35.9 Å². The average Bonchev–Trinajstić information content (AvgIpc) is 3.15. The third-order valence-electron chi connectivity index (χ3n) is 3.73. The molecule has 0 amide bonds. The van der Waals surface area contributed by atoms with Gasteiger partial charge in [0.15, 0.2) is 5.96 Å². The second-order valence-electron chi connectivity index (χ2n) is 5.42. The quantitative estimate of drug-likeness (QED) is 0.650. The van der Waals surface area contributed by atoms with Gasteiger partial charge in [0.2, 0.25) is 0 Å². The molecule has 1 aliphatic carbocycles. The molecule has 2 unspecified atom stereocenters. The van der Waals surface area contributed by atoms with Gasteiger partial charge < -0.3 is 10.2 Å². The number of guanidine groups is 1. The molecule has 1 fully saturated rings. The smallest absolute Gasteiger partial charge is 0.193 e. The van der Waals surface area contributed by atoms with Crippen molar-refractivity contribution in [1.82, 2.24) is 10.2 Å². The van der Waals surface area contributed by atoms with Crippen LogP contribution in [0.5, 0.6) is 0 Å². The van der Waals surface area contributed by atoms with Crippen LogP contribution in [0.4, 0.5) is 0 Å². The van der Waals surface area contributed by atoms with Crippen LogP contribution < -0.4 is 5.32 Å². The summed E-state index contributed by atoms with van der Waals surface area (Å²) in [6.45, 7) is 3.15. The molecule has 0 heterocycles. The zero-order chi connectivity index (χ0) is 13.7. The lowest BCUT2D eigenvalue weighted by Gasteiger charge is -2.22. The Balaban J connectivity index is 1.85. The number of nitrogens with one attached hydrogen (secondary N) is 1. The van der Waals surface area contributed by atoms with E-state index in [0.29, 0.717) is 6.04 Å². The largest absolute Gasteiger partial charge is 0.353 e. The molecule has 0 aliphatic heterocycles. The second-order valence-corrected chi connectivity index (χ2v) is 5.42. The minimum absolute atomic E-state index is 0.636. The van der Waals surface area contributed by atoms with Crippen LogP contribution in [0.15, 0.2) is 35.3 Å². The molecule has 0 radical (unpaired) electrons. The van der Waals surface area contributed by atoms with Crippen molar-refractivity contribution in [1.29, 1.82) is 0 Å². The van der Waals surface area contributed by atoms with E-state index in [2.05, 4.69) is 59.5 Å². The molecule has 0 bridgehead atoms. The van der Waals surface area contributed by atoms with Crippen molar-refractivity contribution in [3.63, 3.8) is 0 Å². The third-order valence-corrected chi connectivity index (χ3v) is 3.73. The van der Waals surface area contributed by atoms with E-state index in [1.807, 2.05) is 7.05 Å². The Morgan fingerprint density at radius 2 is 2.11 bits per heavy atom. The van der Waals surface area contributed by atoms with Gasteiger partial charge in [0, 0.05) is 26.7 Å². The maximum atomic E-state index is 4.39. The summed E-state index contributed by atoms with van der Waals surface area (Å²) >= 11 is 0. The summed E-state index contributed by atoms with van der Waals surface area (Å²) in [5.74, 6) is 1.86. The Bertz CT molecular complexity index is 413. The second kappa shape index (κ2) is 6.60. The predicted molar refractivity (Wildman–Crippen MR) is 81.2 cm³/mol. The summed E-state index contributed by atoms with van der Waals surface area (Å²) in [6, 6.07) is 11.2. The van der Waals surface area contributed by atoms with Crippen molar-refractivity contribution in [3.8, 4) is 0 Å². The van der Waals surface area contributed by atoms with Gasteiger partial charge in [-0.1, -0.05) is 43.7 Å². The fraction of sp³-hybridized carbons (Fsp3) is 0.562.